The molecule has 3 saturated heterocycles. The number of piperidine rings is 1. The summed E-state index contributed by atoms with van der Waals surface area (Å²) in [4.78, 5) is 5.52. The summed E-state index contributed by atoms with van der Waals surface area (Å²) in [7, 11) is 0. The van der Waals surface area contributed by atoms with Gasteiger partial charge >= 0.3 is 0 Å². The molecule has 0 radical (unpaired) electrons. The van der Waals surface area contributed by atoms with Crippen LogP contribution in [0.25, 0.3) is 0 Å². The molecular weight excluding hydrogens is 234 g/mol. The molecule has 3 heteroatoms. The molecule has 0 amide bonds. The van der Waals surface area contributed by atoms with Gasteiger partial charge < -0.3 is 10.2 Å². The number of rotatable bonds is 3. The summed E-state index contributed by atoms with van der Waals surface area (Å²) in [5, 5.41) is 3.57. The molecule has 3 fully saturated rings. The van der Waals surface area contributed by atoms with Gasteiger partial charge in [-0.2, -0.15) is 0 Å². The molecule has 3 heterocycles. The van der Waals surface area contributed by atoms with Gasteiger partial charge in [-0.1, -0.05) is 13.8 Å². The van der Waals surface area contributed by atoms with Gasteiger partial charge in [0.1, 0.15) is 0 Å². The van der Waals surface area contributed by atoms with Crippen LogP contribution in [0.3, 0.4) is 0 Å². The Labute approximate surface area is 118 Å². The van der Waals surface area contributed by atoms with E-state index in [4.69, 9.17) is 0 Å². The zero-order valence-corrected chi connectivity index (χ0v) is 12.9. The normalized spacial score (nSPS) is 38.2. The van der Waals surface area contributed by atoms with Crippen molar-refractivity contribution < 1.29 is 0 Å². The highest BCUT2D eigenvalue weighted by molar-refractivity contribution is 4.99. The molecule has 110 valence electrons. The molecule has 0 bridgehead atoms. The monoisotopic (exact) mass is 265 g/mol. The maximum absolute atomic E-state index is 3.57. The largest absolute Gasteiger partial charge is 0.316 e. The van der Waals surface area contributed by atoms with Crippen molar-refractivity contribution in [1.29, 1.82) is 0 Å². The molecule has 0 aliphatic carbocycles. The fourth-order valence-electron chi connectivity index (χ4n) is 4.63. The van der Waals surface area contributed by atoms with E-state index >= 15 is 0 Å². The van der Waals surface area contributed by atoms with Gasteiger partial charge in [-0.3, -0.25) is 4.90 Å². The van der Waals surface area contributed by atoms with Gasteiger partial charge in [-0.25, -0.2) is 0 Å². The van der Waals surface area contributed by atoms with Crippen LogP contribution >= 0.6 is 0 Å². The SMILES string of the molecule is CC(C)CN1CCC(N2CC3CNCC3C2C)CC1. The van der Waals surface area contributed by atoms with Crippen molar-refractivity contribution in [2.45, 2.75) is 45.7 Å². The fraction of sp³-hybridized carbons (Fsp3) is 1.00. The van der Waals surface area contributed by atoms with Crippen LogP contribution in [0.5, 0.6) is 0 Å². The molecule has 3 unspecified atom stereocenters. The lowest BCUT2D eigenvalue weighted by Crippen LogP contribution is -2.48. The zero-order chi connectivity index (χ0) is 13.4. The average Bonchev–Trinajstić information content (AvgIpc) is 2.93. The molecule has 0 aromatic rings. The van der Waals surface area contributed by atoms with Gasteiger partial charge in [0.05, 0.1) is 0 Å². The van der Waals surface area contributed by atoms with Crippen molar-refractivity contribution >= 4 is 0 Å². The van der Waals surface area contributed by atoms with Gasteiger partial charge in [-0.05, 0) is 63.7 Å². The zero-order valence-electron chi connectivity index (χ0n) is 12.9. The van der Waals surface area contributed by atoms with Crippen LogP contribution in [-0.4, -0.2) is 61.2 Å². The predicted octanol–water partition coefficient (Wildman–Crippen LogP) is 1.65. The summed E-state index contributed by atoms with van der Waals surface area (Å²) in [5.74, 6) is 2.67. The maximum atomic E-state index is 3.57. The first-order valence-electron chi connectivity index (χ1n) is 8.34. The Morgan fingerprint density at radius 1 is 1.16 bits per heavy atom. The summed E-state index contributed by atoms with van der Waals surface area (Å²) >= 11 is 0. The molecule has 0 saturated carbocycles. The number of nitrogens with one attached hydrogen (secondary N) is 1. The second-order valence-electron chi connectivity index (χ2n) is 7.45. The first-order valence-corrected chi connectivity index (χ1v) is 8.34. The van der Waals surface area contributed by atoms with Gasteiger partial charge in [-0.15, -0.1) is 0 Å². The molecule has 19 heavy (non-hydrogen) atoms. The molecule has 3 atom stereocenters. The van der Waals surface area contributed by atoms with Crippen molar-refractivity contribution in [3.63, 3.8) is 0 Å². The Morgan fingerprint density at radius 2 is 1.89 bits per heavy atom. The number of likely N-dealkylation sites (tertiary alicyclic amines) is 2. The molecule has 0 aromatic carbocycles. The lowest BCUT2D eigenvalue weighted by atomic mass is 9.95. The van der Waals surface area contributed by atoms with Crippen LogP contribution in [0.4, 0.5) is 0 Å². The first kappa shape index (κ1) is 13.8. The van der Waals surface area contributed by atoms with Crippen LogP contribution in [0.15, 0.2) is 0 Å². The highest BCUT2D eigenvalue weighted by atomic mass is 15.3. The third kappa shape index (κ3) is 2.84. The van der Waals surface area contributed by atoms with Gasteiger partial charge in [0.25, 0.3) is 0 Å². The Hall–Kier alpha value is -0.120. The minimum atomic E-state index is 0.807. The minimum Gasteiger partial charge on any atom is -0.316 e. The second-order valence-corrected chi connectivity index (χ2v) is 7.45. The van der Waals surface area contributed by atoms with E-state index in [9.17, 15) is 0 Å². The average molecular weight is 265 g/mol. The summed E-state index contributed by atoms with van der Waals surface area (Å²) in [5.41, 5.74) is 0. The van der Waals surface area contributed by atoms with Crippen molar-refractivity contribution in [1.82, 2.24) is 15.1 Å². The second kappa shape index (κ2) is 5.71. The minimum absolute atomic E-state index is 0.807. The molecule has 3 aliphatic rings. The first-order chi connectivity index (χ1) is 9.15. The van der Waals surface area contributed by atoms with Crippen LogP contribution in [0, 0.1) is 17.8 Å². The Balaban J connectivity index is 1.52. The molecule has 0 spiro atoms. The highest BCUT2D eigenvalue weighted by Gasteiger charge is 2.44. The van der Waals surface area contributed by atoms with Crippen LogP contribution in [0.1, 0.15) is 33.6 Å². The van der Waals surface area contributed by atoms with Gasteiger partial charge in [0.2, 0.25) is 0 Å². The number of nitrogens with zero attached hydrogens (tertiary/aromatic N) is 2. The van der Waals surface area contributed by atoms with Crippen LogP contribution < -0.4 is 5.32 Å². The van der Waals surface area contributed by atoms with E-state index in [1.165, 1.54) is 52.1 Å². The lowest BCUT2D eigenvalue weighted by Gasteiger charge is -2.40. The quantitative estimate of drug-likeness (QED) is 0.837. The van der Waals surface area contributed by atoms with E-state index < -0.39 is 0 Å². The Kier molecular flexibility index (Phi) is 4.16. The van der Waals surface area contributed by atoms with Gasteiger partial charge in [0, 0.05) is 25.2 Å². The van der Waals surface area contributed by atoms with E-state index in [1.54, 1.807) is 0 Å². The summed E-state index contributed by atoms with van der Waals surface area (Å²) in [6, 6.07) is 1.67. The number of fused-ring (bicyclic) bond motifs is 1. The summed E-state index contributed by atoms with van der Waals surface area (Å²) in [6.45, 7) is 14.9. The summed E-state index contributed by atoms with van der Waals surface area (Å²) in [6.07, 6.45) is 2.79. The van der Waals surface area contributed by atoms with Crippen molar-refractivity contribution in [2.75, 3.05) is 39.3 Å². The third-order valence-electron chi connectivity index (χ3n) is 5.63. The van der Waals surface area contributed by atoms with Crippen LogP contribution in [0.2, 0.25) is 0 Å². The van der Waals surface area contributed by atoms with E-state index in [2.05, 4.69) is 35.9 Å². The molecule has 3 rings (SSSR count). The van der Waals surface area contributed by atoms with Crippen molar-refractivity contribution in [3.05, 3.63) is 0 Å². The molecule has 3 aliphatic heterocycles. The van der Waals surface area contributed by atoms with E-state index in [0.717, 1.165) is 29.8 Å². The predicted molar refractivity (Wildman–Crippen MR) is 80.3 cm³/mol. The number of hydrogen-bond acceptors (Lipinski definition) is 3. The topological polar surface area (TPSA) is 18.5 Å². The van der Waals surface area contributed by atoms with E-state index in [1.807, 2.05) is 0 Å². The summed E-state index contributed by atoms with van der Waals surface area (Å²) < 4.78 is 0. The smallest absolute Gasteiger partial charge is 0.0123 e. The van der Waals surface area contributed by atoms with Crippen LogP contribution in [-0.2, 0) is 0 Å². The highest BCUT2D eigenvalue weighted by Crippen LogP contribution is 2.35. The molecular formula is C16H31N3. The third-order valence-corrected chi connectivity index (χ3v) is 5.63. The van der Waals surface area contributed by atoms with E-state index in [-0.39, 0.29) is 0 Å². The van der Waals surface area contributed by atoms with Crippen molar-refractivity contribution in [2.24, 2.45) is 17.8 Å². The lowest BCUT2D eigenvalue weighted by molar-refractivity contribution is 0.0895. The fourth-order valence-corrected chi connectivity index (χ4v) is 4.63. The van der Waals surface area contributed by atoms with Crippen molar-refractivity contribution in [3.8, 4) is 0 Å². The molecule has 3 nitrogen and oxygen atoms in total. The maximum Gasteiger partial charge on any atom is 0.0123 e. The number of hydrogen-bond donors (Lipinski definition) is 1. The van der Waals surface area contributed by atoms with E-state index in [0.29, 0.717) is 0 Å². The standard InChI is InChI=1S/C16H31N3/c1-12(2)10-18-6-4-15(5-7-18)19-11-14-8-17-9-16(14)13(19)3/h12-17H,4-11H2,1-3H3. The van der Waals surface area contributed by atoms with Gasteiger partial charge in [0.15, 0.2) is 0 Å². The molecule has 1 N–H and O–H groups in total. The Bertz CT molecular complexity index is 296. The Morgan fingerprint density at radius 3 is 2.53 bits per heavy atom. The molecule has 0 aromatic heterocycles.